The van der Waals surface area contributed by atoms with Crippen molar-refractivity contribution in [3.05, 3.63) is 36.3 Å². The molecule has 1 aliphatic rings. The summed E-state index contributed by atoms with van der Waals surface area (Å²) in [5.74, 6) is 1.37. The van der Waals surface area contributed by atoms with Crippen molar-refractivity contribution < 1.29 is 4.74 Å². The molecule has 0 spiro atoms. The minimum absolute atomic E-state index is 0.533. The first-order valence-electron chi connectivity index (χ1n) is 6.57. The second-order valence-electron chi connectivity index (χ2n) is 4.45. The van der Waals surface area contributed by atoms with Crippen LogP contribution in [0.2, 0.25) is 0 Å². The van der Waals surface area contributed by atoms with Gasteiger partial charge in [0, 0.05) is 32.0 Å². The SMILES string of the molecule is c1cc(CNc2nncc(N3CCOCC3)n2)ccn1. The molecule has 0 atom stereocenters. The largest absolute Gasteiger partial charge is 0.378 e. The van der Waals surface area contributed by atoms with Crippen LogP contribution in [0.15, 0.2) is 30.7 Å². The summed E-state index contributed by atoms with van der Waals surface area (Å²) in [6.07, 6.45) is 5.21. The number of hydrogen-bond acceptors (Lipinski definition) is 7. The van der Waals surface area contributed by atoms with E-state index < -0.39 is 0 Å². The number of anilines is 2. The smallest absolute Gasteiger partial charge is 0.244 e. The van der Waals surface area contributed by atoms with Gasteiger partial charge >= 0.3 is 0 Å². The van der Waals surface area contributed by atoms with Crippen LogP contribution in [-0.2, 0) is 11.3 Å². The Hall–Kier alpha value is -2.28. The van der Waals surface area contributed by atoms with Crippen molar-refractivity contribution in [2.75, 3.05) is 36.5 Å². The lowest BCUT2D eigenvalue weighted by molar-refractivity contribution is 0.122. The first-order valence-corrected chi connectivity index (χ1v) is 6.57. The Morgan fingerprint density at radius 2 is 2.00 bits per heavy atom. The Balaban J connectivity index is 1.65. The lowest BCUT2D eigenvalue weighted by Gasteiger charge is -2.27. The number of nitrogens with one attached hydrogen (secondary N) is 1. The summed E-state index contributed by atoms with van der Waals surface area (Å²) in [7, 11) is 0. The molecule has 0 radical (unpaired) electrons. The number of rotatable bonds is 4. The third kappa shape index (κ3) is 3.18. The standard InChI is InChI=1S/C13H16N6O/c1-3-14-4-2-11(1)9-15-13-17-12(10-16-18-13)19-5-7-20-8-6-19/h1-4,10H,5-9H2,(H,15,17,18). The molecule has 0 aliphatic carbocycles. The van der Waals surface area contributed by atoms with Gasteiger partial charge in [-0.1, -0.05) is 0 Å². The van der Waals surface area contributed by atoms with E-state index in [1.54, 1.807) is 18.6 Å². The van der Waals surface area contributed by atoms with E-state index >= 15 is 0 Å². The highest BCUT2D eigenvalue weighted by Gasteiger charge is 2.13. The molecule has 0 unspecified atom stereocenters. The number of ether oxygens (including phenoxy) is 1. The molecule has 0 bridgehead atoms. The highest BCUT2D eigenvalue weighted by atomic mass is 16.5. The van der Waals surface area contributed by atoms with Gasteiger partial charge in [-0.05, 0) is 17.7 Å². The van der Waals surface area contributed by atoms with Crippen molar-refractivity contribution in [1.82, 2.24) is 20.2 Å². The molecule has 1 aliphatic heterocycles. The van der Waals surface area contributed by atoms with Crippen LogP contribution in [0.5, 0.6) is 0 Å². The van der Waals surface area contributed by atoms with E-state index in [1.165, 1.54) is 0 Å². The zero-order valence-electron chi connectivity index (χ0n) is 11.1. The zero-order valence-corrected chi connectivity index (χ0v) is 11.1. The molecule has 2 aromatic rings. The first kappa shape index (κ1) is 12.7. The highest BCUT2D eigenvalue weighted by Crippen LogP contribution is 2.12. The molecule has 1 N–H and O–H groups in total. The number of morpholine rings is 1. The minimum Gasteiger partial charge on any atom is -0.378 e. The van der Waals surface area contributed by atoms with Crippen LogP contribution in [0.25, 0.3) is 0 Å². The van der Waals surface area contributed by atoms with Gasteiger partial charge in [0.25, 0.3) is 0 Å². The topological polar surface area (TPSA) is 76.1 Å². The molecule has 7 nitrogen and oxygen atoms in total. The number of nitrogens with zero attached hydrogens (tertiary/aromatic N) is 5. The molecule has 1 fully saturated rings. The highest BCUT2D eigenvalue weighted by molar-refractivity contribution is 5.40. The maximum absolute atomic E-state index is 5.33. The van der Waals surface area contributed by atoms with Gasteiger partial charge in [-0.25, -0.2) is 0 Å². The summed E-state index contributed by atoms with van der Waals surface area (Å²) in [5, 5.41) is 11.2. The van der Waals surface area contributed by atoms with Gasteiger partial charge in [-0.15, -0.1) is 5.10 Å². The number of pyridine rings is 1. The van der Waals surface area contributed by atoms with Crippen molar-refractivity contribution >= 4 is 11.8 Å². The molecule has 3 heterocycles. The predicted octanol–water partition coefficient (Wildman–Crippen LogP) is 0.715. The lowest BCUT2D eigenvalue weighted by Crippen LogP contribution is -2.37. The summed E-state index contributed by atoms with van der Waals surface area (Å²) in [5.41, 5.74) is 1.13. The summed E-state index contributed by atoms with van der Waals surface area (Å²) in [4.78, 5) is 10.6. The molecule has 1 saturated heterocycles. The summed E-state index contributed by atoms with van der Waals surface area (Å²) in [6, 6.07) is 3.90. The predicted molar refractivity (Wildman–Crippen MR) is 74.4 cm³/mol. The van der Waals surface area contributed by atoms with E-state index in [1.807, 2.05) is 12.1 Å². The van der Waals surface area contributed by atoms with Gasteiger partial charge < -0.3 is 15.0 Å². The molecule has 0 amide bonds. The van der Waals surface area contributed by atoms with E-state index in [0.717, 1.165) is 37.7 Å². The van der Waals surface area contributed by atoms with E-state index in [0.29, 0.717) is 12.5 Å². The second kappa shape index (κ2) is 6.25. The molecule has 2 aromatic heterocycles. The lowest BCUT2D eigenvalue weighted by atomic mass is 10.3. The monoisotopic (exact) mass is 272 g/mol. The van der Waals surface area contributed by atoms with Gasteiger partial charge in [-0.3, -0.25) is 4.98 Å². The van der Waals surface area contributed by atoms with Crippen LogP contribution in [0.3, 0.4) is 0 Å². The van der Waals surface area contributed by atoms with E-state index in [9.17, 15) is 0 Å². The summed E-state index contributed by atoms with van der Waals surface area (Å²) < 4.78 is 5.33. The van der Waals surface area contributed by atoms with Crippen LogP contribution >= 0.6 is 0 Å². The fraction of sp³-hybridized carbons (Fsp3) is 0.385. The zero-order chi connectivity index (χ0) is 13.6. The average Bonchev–Trinajstić information content (AvgIpc) is 2.55. The molecule has 0 aromatic carbocycles. The molecule has 3 rings (SSSR count). The Morgan fingerprint density at radius 3 is 2.80 bits per heavy atom. The molecule has 0 saturated carbocycles. The maximum atomic E-state index is 5.33. The molecular formula is C13H16N6O. The van der Waals surface area contributed by atoms with Gasteiger partial charge in [-0.2, -0.15) is 10.1 Å². The quantitative estimate of drug-likeness (QED) is 0.878. The number of hydrogen-bond donors (Lipinski definition) is 1. The number of aromatic nitrogens is 4. The van der Waals surface area contributed by atoms with Crippen LogP contribution in [0, 0.1) is 0 Å². The van der Waals surface area contributed by atoms with Crippen molar-refractivity contribution in [1.29, 1.82) is 0 Å². The van der Waals surface area contributed by atoms with Crippen molar-refractivity contribution in [2.45, 2.75) is 6.54 Å². The molecule has 104 valence electrons. The maximum Gasteiger partial charge on any atom is 0.244 e. The third-order valence-corrected chi connectivity index (χ3v) is 3.08. The van der Waals surface area contributed by atoms with Gasteiger partial charge in [0.2, 0.25) is 5.95 Å². The Labute approximate surface area is 117 Å². The van der Waals surface area contributed by atoms with Crippen molar-refractivity contribution in [3.8, 4) is 0 Å². The van der Waals surface area contributed by atoms with E-state index in [-0.39, 0.29) is 0 Å². The normalized spacial score (nSPS) is 15.1. The molecular weight excluding hydrogens is 256 g/mol. The van der Waals surface area contributed by atoms with E-state index in [2.05, 4.69) is 30.4 Å². The van der Waals surface area contributed by atoms with Gasteiger partial charge in [0.15, 0.2) is 5.82 Å². The fourth-order valence-corrected chi connectivity index (χ4v) is 2.00. The Kier molecular flexibility index (Phi) is 3.98. The Bertz CT molecular complexity index is 544. The average molecular weight is 272 g/mol. The summed E-state index contributed by atoms with van der Waals surface area (Å²) in [6.45, 7) is 3.77. The van der Waals surface area contributed by atoms with Crippen molar-refractivity contribution in [2.24, 2.45) is 0 Å². The molecule has 20 heavy (non-hydrogen) atoms. The van der Waals surface area contributed by atoms with Crippen LogP contribution < -0.4 is 10.2 Å². The third-order valence-electron chi connectivity index (χ3n) is 3.08. The Morgan fingerprint density at radius 1 is 1.20 bits per heavy atom. The minimum atomic E-state index is 0.533. The van der Waals surface area contributed by atoms with Gasteiger partial charge in [0.1, 0.15) is 0 Å². The summed E-state index contributed by atoms with van der Waals surface area (Å²) >= 11 is 0. The first-order chi connectivity index (χ1) is 9.92. The van der Waals surface area contributed by atoms with Gasteiger partial charge in [0.05, 0.1) is 19.4 Å². The van der Waals surface area contributed by atoms with Crippen molar-refractivity contribution in [3.63, 3.8) is 0 Å². The van der Waals surface area contributed by atoms with E-state index in [4.69, 9.17) is 4.74 Å². The fourth-order valence-electron chi connectivity index (χ4n) is 2.00. The van der Waals surface area contributed by atoms with Crippen LogP contribution in [0.1, 0.15) is 5.56 Å². The molecule has 7 heteroatoms. The second-order valence-corrected chi connectivity index (χ2v) is 4.45. The van der Waals surface area contributed by atoms with Crippen LogP contribution in [0.4, 0.5) is 11.8 Å². The van der Waals surface area contributed by atoms with Crippen LogP contribution in [-0.4, -0.2) is 46.5 Å².